The minimum absolute atomic E-state index is 0.00407. The summed E-state index contributed by atoms with van der Waals surface area (Å²) in [6.45, 7) is 4.05. The smallest absolute Gasteiger partial charge is 0.262 e. The van der Waals surface area contributed by atoms with Crippen LogP contribution in [0.1, 0.15) is 25.0 Å². The van der Waals surface area contributed by atoms with Gasteiger partial charge in [-0.2, -0.15) is 0 Å². The van der Waals surface area contributed by atoms with Crippen LogP contribution in [0.2, 0.25) is 0 Å². The van der Waals surface area contributed by atoms with E-state index in [4.69, 9.17) is 15.8 Å². The van der Waals surface area contributed by atoms with Crippen molar-refractivity contribution in [1.82, 2.24) is 0 Å². The highest BCUT2D eigenvalue weighted by Gasteiger charge is 2.27. The first-order valence-corrected chi connectivity index (χ1v) is 15.2. The van der Waals surface area contributed by atoms with E-state index < -0.39 is 19.1 Å². The van der Waals surface area contributed by atoms with Gasteiger partial charge < -0.3 is 9.80 Å². The van der Waals surface area contributed by atoms with Crippen molar-refractivity contribution in [3.63, 3.8) is 0 Å². The largest absolute Gasteiger partial charge is 0.312 e. The number of hydrogen-bond acceptors (Lipinski definition) is 6. The lowest BCUT2D eigenvalue weighted by molar-refractivity contribution is -0.117. The number of sulfonamides is 1. The summed E-state index contributed by atoms with van der Waals surface area (Å²) in [5.41, 5.74) is 3.14. The fourth-order valence-electron chi connectivity index (χ4n) is 3.84. The average Bonchev–Trinajstić information content (AvgIpc) is 3.28. The Bertz CT molecular complexity index is 1310. The van der Waals surface area contributed by atoms with Crippen molar-refractivity contribution in [2.45, 2.75) is 36.5 Å². The van der Waals surface area contributed by atoms with Gasteiger partial charge in [-0.05, 0) is 80.1 Å². The molecule has 9 nitrogen and oxygen atoms in total. The molecule has 2 aromatic rings. The number of nitrogens with two attached hydrogens (primary N) is 1. The number of carbonyl (C=O) groups excluding carboxylic acids is 2. The van der Waals surface area contributed by atoms with Crippen LogP contribution in [0.15, 0.2) is 43.0 Å². The molecule has 0 saturated heterocycles. The molecule has 0 saturated carbocycles. The van der Waals surface area contributed by atoms with Crippen LogP contribution < -0.4 is 14.9 Å². The lowest BCUT2D eigenvalue weighted by atomic mass is 10.2. The molecule has 2 heterocycles. The Morgan fingerprint density at radius 3 is 1.56 bits per heavy atom. The maximum atomic E-state index is 11.4. The van der Waals surface area contributed by atoms with Gasteiger partial charge in [-0.25, -0.2) is 22.0 Å². The van der Waals surface area contributed by atoms with E-state index >= 15 is 0 Å². The number of hydrogen-bond donors (Lipinski definition) is 1. The topological polar surface area (TPSA) is 135 Å². The Morgan fingerprint density at radius 1 is 0.824 bits per heavy atom. The number of amides is 2. The number of benzene rings is 2. The summed E-state index contributed by atoms with van der Waals surface area (Å²) in [5, 5.41) is 5.11. The van der Waals surface area contributed by atoms with Crippen molar-refractivity contribution in [3.8, 4) is 0 Å². The number of fused-ring (bicyclic) bond motifs is 2. The fourth-order valence-corrected chi connectivity index (χ4v) is 7.75. The van der Waals surface area contributed by atoms with Gasteiger partial charge in [-0.3, -0.25) is 9.59 Å². The number of anilines is 2. The first-order chi connectivity index (χ1) is 15.6. The molecule has 0 unspecified atom stereocenters. The summed E-state index contributed by atoms with van der Waals surface area (Å²) in [6, 6.07) is 6.30. The van der Waals surface area contributed by atoms with E-state index in [0.717, 1.165) is 24.0 Å². The number of primary sulfonamides is 1. The van der Waals surface area contributed by atoms with Gasteiger partial charge in [0.2, 0.25) is 21.8 Å². The molecule has 4 rings (SSSR count). The van der Waals surface area contributed by atoms with E-state index in [1.807, 2.05) is 0 Å². The molecule has 2 aliphatic rings. The molecule has 0 spiro atoms. The standard InChI is InChI=1S/C10H9BrClNO3S.C10H11BrN2O3S/c2*1-6(14)13-3-2-7-4-8(11)10(5-9(7)13)17(12,15)16/h4-5H,2-3H2,1H3;4-5H,2-3H2,1H3,(H2,12,15,16). The van der Waals surface area contributed by atoms with Crippen LogP contribution in [-0.2, 0) is 41.5 Å². The van der Waals surface area contributed by atoms with Crippen LogP contribution >= 0.6 is 42.5 Å². The second-order valence-corrected chi connectivity index (χ2v) is 13.4. The third-order valence-electron chi connectivity index (χ3n) is 5.39. The van der Waals surface area contributed by atoms with Crippen molar-refractivity contribution >= 4 is 84.8 Å². The molecular formula is C20H20Br2ClN3O6S2. The van der Waals surface area contributed by atoms with Gasteiger partial charge in [-0.1, -0.05) is 0 Å². The molecular weight excluding hydrogens is 638 g/mol. The maximum Gasteiger partial charge on any atom is 0.262 e. The third kappa shape index (κ3) is 5.65. The van der Waals surface area contributed by atoms with Gasteiger partial charge in [-0.15, -0.1) is 0 Å². The van der Waals surface area contributed by atoms with E-state index in [1.165, 1.54) is 26.0 Å². The Balaban J connectivity index is 0.000000191. The third-order valence-corrected chi connectivity index (χ3v) is 9.54. The number of carbonyl (C=O) groups is 2. The molecule has 34 heavy (non-hydrogen) atoms. The Morgan fingerprint density at radius 2 is 1.21 bits per heavy atom. The zero-order valence-corrected chi connectivity index (χ0v) is 23.6. The lowest BCUT2D eigenvalue weighted by Gasteiger charge is -2.15. The number of rotatable bonds is 2. The van der Waals surface area contributed by atoms with E-state index in [0.29, 0.717) is 33.4 Å². The quantitative estimate of drug-likeness (QED) is 0.493. The molecule has 2 aliphatic heterocycles. The summed E-state index contributed by atoms with van der Waals surface area (Å²) in [7, 11) is -2.27. The van der Waals surface area contributed by atoms with E-state index in [2.05, 4.69) is 31.9 Å². The molecule has 0 aliphatic carbocycles. The second kappa shape index (κ2) is 9.86. The molecule has 0 atom stereocenters. The zero-order valence-electron chi connectivity index (χ0n) is 18.0. The molecule has 2 aromatic carbocycles. The number of nitrogens with zero attached hydrogens (tertiary/aromatic N) is 2. The number of halogens is 3. The first-order valence-electron chi connectivity index (χ1n) is 9.79. The molecule has 0 aromatic heterocycles. The first kappa shape index (κ1) is 27.1. The van der Waals surface area contributed by atoms with Gasteiger partial charge >= 0.3 is 0 Å². The molecule has 14 heteroatoms. The van der Waals surface area contributed by atoms with Gasteiger partial charge in [0.25, 0.3) is 9.05 Å². The maximum absolute atomic E-state index is 11.4. The summed E-state index contributed by atoms with van der Waals surface area (Å²) in [4.78, 5) is 25.9. The Hall–Kier alpha value is -1.51. The van der Waals surface area contributed by atoms with Crippen LogP contribution in [0.4, 0.5) is 11.4 Å². The molecule has 0 bridgehead atoms. The predicted octanol–water partition coefficient (Wildman–Crippen LogP) is 3.29. The molecule has 2 N–H and O–H groups in total. The van der Waals surface area contributed by atoms with Crippen LogP contribution in [0.5, 0.6) is 0 Å². The zero-order chi connectivity index (χ0) is 25.6. The van der Waals surface area contributed by atoms with E-state index in [-0.39, 0.29) is 21.6 Å². The minimum Gasteiger partial charge on any atom is -0.312 e. The van der Waals surface area contributed by atoms with E-state index in [1.54, 1.807) is 21.9 Å². The van der Waals surface area contributed by atoms with Crippen molar-refractivity contribution in [2.24, 2.45) is 5.14 Å². The Kier molecular flexibility index (Phi) is 7.85. The summed E-state index contributed by atoms with van der Waals surface area (Å²) >= 11 is 6.36. The average molecular weight is 658 g/mol. The van der Waals surface area contributed by atoms with Crippen molar-refractivity contribution in [1.29, 1.82) is 0 Å². The van der Waals surface area contributed by atoms with Gasteiger partial charge in [0.1, 0.15) is 0 Å². The van der Waals surface area contributed by atoms with Gasteiger partial charge in [0.15, 0.2) is 0 Å². The van der Waals surface area contributed by atoms with Crippen molar-refractivity contribution < 1.29 is 26.4 Å². The molecule has 0 fully saturated rings. The summed E-state index contributed by atoms with van der Waals surface area (Å²) in [5.74, 6) is -0.213. The summed E-state index contributed by atoms with van der Waals surface area (Å²) < 4.78 is 46.3. The summed E-state index contributed by atoms with van der Waals surface area (Å²) in [6.07, 6.45) is 1.44. The minimum atomic E-state index is -3.82. The Labute approximate surface area is 219 Å². The lowest BCUT2D eigenvalue weighted by Crippen LogP contribution is -2.26. The SMILES string of the molecule is CC(=O)N1CCc2cc(Br)c(S(=O)(=O)Cl)cc21.CC(=O)N1CCc2cc(Br)c(S(N)(=O)=O)cc21. The highest BCUT2D eigenvalue weighted by atomic mass is 79.9. The monoisotopic (exact) mass is 655 g/mol. The van der Waals surface area contributed by atoms with Gasteiger partial charge in [0.05, 0.1) is 9.79 Å². The highest BCUT2D eigenvalue weighted by molar-refractivity contribution is 9.10. The van der Waals surface area contributed by atoms with E-state index in [9.17, 15) is 26.4 Å². The van der Waals surface area contributed by atoms with Crippen LogP contribution in [0.3, 0.4) is 0 Å². The predicted molar refractivity (Wildman–Crippen MR) is 136 cm³/mol. The normalized spacial score (nSPS) is 14.9. The molecule has 2 amide bonds. The van der Waals surface area contributed by atoms with Crippen LogP contribution in [-0.4, -0.2) is 41.7 Å². The highest BCUT2D eigenvalue weighted by Crippen LogP contribution is 2.37. The van der Waals surface area contributed by atoms with Crippen LogP contribution in [0.25, 0.3) is 0 Å². The van der Waals surface area contributed by atoms with Gasteiger partial charge in [0, 0.05) is 57.9 Å². The second-order valence-electron chi connectivity index (χ2n) is 7.65. The van der Waals surface area contributed by atoms with Crippen LogP contribution in [0, 0.1) is 0 Å². The van der Waals surface area contributed by atoms with Crippen molar-refractivity contribution in [2.75, 3.05) is 22.9 Å². The fraction of sp³-hybridized carbons (Fsp3) is 0.300. The molecule has 0 radical (unpaired) electrons. The van der Waals surface area contributed by atoms with Crippen molar-refractivity contribution in [3.05, 3.63) is 44.3 Å². The molecule has 184 valence electrons.